The molecule has 1 amide bonds. The number of nitrogens with zero attached hydrogens (tertiary/aromatic N) is 6. The number of hydrogen-bond acceptors (Lipinski definition) is 10. The van der Waals surface area contributed by atoms with Crippen LogP contribution in [-0.4, -0.2) is 46.1 Å². The zero-order valence-electron chi connectivity index (χ0n) is 35.5. The molecule has 2 atom stereocenters. The Morgan fingerprint density at radius 1 is 0.597 bits per heavy atom. The minimum atomic E-state index is -1.12. The molecule has 0 aliphatic heterocycles. The van der Waals surface area contributed by atoms with Gasteiger partial charge in [0.25, 0.3) is 11.1 Å². The van der Waals surface area contributed by atoms with Crippen molar-refractivity contribution >= 4 is 67.4 Å². The zero-order chi connectivity index (χ0) is 44.3. The van der Waals surface area contributed by atoms with E-state index in [1.807, 2.05) is 38.1 Å². The summed E-state index contributed by atoms with van der Waals surface area (Å²) in [6.07, 6.45) is 3.31. The number of amides is 1. The van der Waals surface area contributed by atoms with E-state index >= 15 is 0 Å². The number of carboxylic acid groups (broad SMARTS) is 1. The predicted molar refractivity (Wildman–Crippen MR) is 244 cm³/mol. The van der Waals surface area contributed by atoms with Crippen molar-refractivity contribution in [3.63, 3.8) is 0 Å². The Bertz CT molecular complexity index is 2900. The van der Waals surface area contributed by atoms with Crippen LogP contribution in [0.25, 0.3) is 43.6 Å². The van der Waals surface area contributed by atoms with Crippen LogP contribution in [0, 0.1) is 10.8 Å². The SMILES string of the molecule is C[C@H](Nc1ncc2ccc(=O)n(CC(C)(C)C(=O)O)c2n1)c1ccc2ccccc2c1.C[C@H](Nc1ncc2ccc(=O)n(CC(C)(C)C(N)=O)c2n1)c1ccc2ccccc2c1. The van der Waals surface area contributed by atoms with Gasteiger partial charge in [-0.1, -0.05) is 72.8 Å². The van der Waals surface area contributed by atoms with Crippen molar-refractivity contribution in [1.29, 1.82) is 0 Å². The van der Waals surface area contributed by atoms with E-state index in [4.69, 9.17) is 5.73 Å². The molecule has 0 radical (unpaired) electrons. The van der Waals surface area contributed by atoms with E-state index in [0.717, 1.165) is 21.9 Å². The lowest BCUT2D eigenvalue weighted by molar-refractivity contribution is -0.147. The number of hydrogen-bond donors (Lipinski definition) is 4. The molecule has 5 N–H and O–H groups in total. The van der Waals surface area contributed by atoms with E-state index in [1.54, 1.807) is 52.2 Å². The summed E-state index contributed by atoms with van der Waals surface area (Å²) in [6.45, 7) is 10.8. The molecule has 8 rings (SSSR count). The van der Waals surface area contributed by atoms with Crippen LogP contribution in [0.3, 0.4) is 0 Å². The van der Waals surface area contributed by atoms with Crippen LogP contribution < -0.4 is 27.5 Å². The molecule has 0 fully saturated rings. The summed E-state index contributed by atoms with van der Waals surface area (Å²) in [5, 5.41) is 22.1. The molecule has 14 heteroatoms. The summed E-state index contributed by atoms with van der Waals surface area (Å²) < 4.78 is 2.88. The highest BCUT2D eigenvalue weighted by molar-refractivity contribution is 5.84. The number of fused-ring (bicyclic) bond motifs is 4. The highest BCUT2D eigenvalue weighted by Crippen LogP contribution is 2.26. The van der Waals surface area contributed by atoms with Gasteiger partial charge in [0, 0.05) is 48.4 Å². The first-order chi connectivity index (χ1) is 29.5. The third-order valence-corrected chi connectivity index (χ3v) is 11.0. The first-order valence-electron chi connectivity index (χ1n) is 20.3. The highest BCUT2D eigenvalue weighted by Gasteiger charge is 2.29. The van der Waals surface area contributed by atoms with Crippen LogP contribution >= 0.6 is 0 Å². The average Bonchev–Trinajstić information content (AvgIpc) is 3.25. The third-order valence-electron chi connectivity index (χ3n) is 11.0. The smallest absolute Gasteiger partial charge is 0.310 e. The van der Waals surface area contributed by atoms with Gasteiger partial charge in [-0.05, 0) is 98.5 Å². The maximum atomic E-state index is 12.5. The number of aromatic nitrogens is 6. The quantitative estimate of drug-likeness (QED) is 0.0934. The van der Waals surface area contributed by atoms with Gasteiger partial charge in [-0.3, -0.25) is 28.3 Å². The normalized spacial score (nSPS) is 12.7. The Hall–Kier alpha value is -7.48. The molecule has 4 aromatic heterocycles. The fourth-order valence-corrected chi connectivity index (χ4v) is 7.03. The van der Waals surface area contributed by atoms with Crippen LogP contribution in [0.15, 0.2) is 131 Å². The molecular formula is C48H49N9O5. The third kappa shape index (κ3) is 9.29. The minimum Gasteiger partial charge on any atom is -0.481 e. The van der Waals surface area contributed by atoms with Gasteiger partial charge in [-0.2, -0.15) is 9.97 Å². The average molecular weight is 832 g/mol. The van der Waals surface area contributed by atoms with Crippen molar-refractivity contribution in [3.8, 4) is 0 Å². The summed E-state index contributed by atoms with van der Waals surface area (Å²) in [5.41, 5.74) is 6.02. The Morgan fingerprint density at radius 3 is 1.39 bits per heavy atom. The van der Waals surface area contributed by atoms with Crippen LogP contribution in [-0.2, 0) is 22.7 Å². The van der Waals surface area contributed by atoms with Gasteiger partial charge in [0.05, 0.1) is 22.9 Å². The number of rotatable bonds is 12. The Morgan fingerprint density at radius 2 is 0.984 bits per heavy atom. The number of carbonyl (C=O) groups is 2. The van der Waals surface area contributed by atoms with Crippen LogP contribution in [0.5, 0.6) is 0 Å². The molecule has 4 aromatic carbocycles. The van der Waals surface area contributed by atoms with Crippen molar-refractivity contribution in [2.45, 2.75) is 66.7 Å². The van der Waals surface area contributed by atoms with Crippen molar-refractivity contribution in [1.82, 2.24) is 29.1 Å². The molecule has 8 aromatic rings. The first-order valence-corrected chi connectivity index (χ1v) is 20.3. The summed E-state index contributed by atoms with van der Waals surface area (Å²) in [6, 6.07) is 35.0. The van der Waals surface area contributed by atoms with Crippen LogP contribution in [0.4, 0.5) is 11.9 Å². The Kier molecular flexibility index (Phi) is 11.9. The van der Waals surface area contributed by atoms with Gasteiger partial charge in [-0.25, -0.2) is 9.97 Å². The Labute approximate surface area is 357 Å². The molecule has 0 saturated heterocycles. The van der Waals surface area contributed by atoms with Gasteiger partial charge in [0.2, 0.25) is 17.8 Å². The number of aliphatic carboxylic acids is 1. The number of nitrogens with two attached hydrogens (primary N) is 1. The molecule has 14 nitrogen and oxygen atoms in total. The molecule has 0 aliphatic rings. The molecule has 4 heterocycles. The standard InChI is InChI=1S/C24H25N5O2.C24H24N4O3/c1-15(17-9-8-16-6-4-5-7-18(16)12-17)27-23-26-13-19-10-11-20(30)29(21(19)28-23)14-24(2,3)22(25)31;1-15(17-9-8-16-6-4-5-7-18(16)12-17)26-23-25-13-19-10-11-20(29)28(21(19)27-23)14-24(2,3)22(30)31/h4-13,15H,14H2,1-3H3,(H2,25,31)(H,26,27,28);4-13,15H,14H2,1-3H3,(H,30,31)(H,25,26,27)/t2*15-/m00/s1. The van der Waals surface area contributed by atoms with Gasteiger partial charge >= 0.3 is 5.97 Å². The number of carboxylic acids is 1. The molecule has 0 bridgehead atoms. The molecule has 0 unspecified atom stereocenters. The van der Waals surface area contributed by atoms with Crippen molar-refractivity contribution in [3.05, 3.63) is 153 Å². The summed E-state index contributed by atoms with van der Waals surface area (Å²) >= 11 is 0. The maximum absolute atomic E-state index is 12.5. The number of carbonyl (C=O) groups excluding carboxylic acids is 1. The molecule has 0 aliphatic carbocycles. The lowest BCUT2D eigenvalue weighted by Gasteiger charge is -2.22. The lowest BCUT2D eigenvalue weighted by Crippen LogP contribution is -2.38. The molecule has 316 valence electrons. The second-order valence-corrected chi connectivity index (χ2v) is 16.8. The maximum Gasteiger partial charge on any atom is 0.310 e. The van der Waals surface area contributed by atoms with E-state index < -0.39 is 22.7 Å². The van der Waals surface area contributed by atoms with Gasteiger partial charge in [0.15, 0.2) is 0 Å². The second-order valence-electron chi connectivity index (χ2n) is 16.8. The Balaban J connectivity index is 0.000000186. The van der Waals surface area contributed by atoms with Gasteiger partial charge in [0.1, 0.15) is 11.3 Å². The van der Waals surface area contributed by atoms with Crippen molar-refractivity contribution < 1.29 is 14.7 Å². The van der Waals surface area contributed by atoms with Gasteiger partial charge < -0.3 is 21.5 Å². The minimum absolute atomic E-state index is 0.00912. The summed E-state index contributed by atoms with van der Waals surface area (Å²) in [4.78, 5) is 66.4. The molecule has 0 saturated carbocycles. The summed E-state index contributed by atoms with van der Waals surface area (Å²) in [7, 11) is 0. The van der Waals surface area contributed by atoms with Crippen LogP contribution in [0.2, 0.25) is 0 Å². The zero-order valence-corrected chi connectivity index (χ0v) is 35.5. The number of primary amides is 1. The largest absolute Gasteiger partial charge is 0.481 e. The van der Waals surface area contributed by atoms with Crippen molar-refractivity contribution in [2.24, 2.45) is 16.6 Å². The number of benzene rings is 4. The van der Waals surface area contributed by atoms with Gasteiger partial charge in [-0.15, -0.1) is 0 Å². The van der Waals surface area contributed by atoms with Crippen molar-refractivity contribution in [2.75, 3.05) is 10.6 Å². The van der Waals surface area contributed by atoms with E-state index in [0.29, 0.717) is 34.0 Å². The predicted octanol–water partition coefficient (Wildman–Crippen LogP) is 7.86. The number of nitrogens with one attached hydrogen (secondary N) is 2. The topological polar surface area (TPSA) is 200 Å². The molecule has 0 spiro atoms. The molecular weight excluding hydrogens is 783 g/mol. The van der Waals surface area contributed by atoms with E-state index in [2.05, 4.69) is 91.2 Å². The van der Waals surface area contributed by atoms with E-state index in [1.165, 1.54) is 32.0 Å². The number of anilines is 2. The van der Waals surface area contributed by atoms with E-state index in [9.17, 15) is 24.3 Å². The first kappa shape index (κ1) is 42.6. The summed E-state index contributed by atoms with van der Waals surface area (Å²) in [5.74, 6) is -0.674. The number of pyridine rings is 2. The molecule has 62 heavy (non-hydrogen) atoms. The van der Waals surface area contributed by atoms with Crippen LogP contribution in [0.1, 0.15) is 64.8 Å². The fourth-order valence-electron chi connectivity index (χ4n) is 7.03. The lowest BCUT2D eigenvalue weighted by atomic mass is 9.92. The highest BCUT2D eigenvalue weighted by atomic mass is 16.4. The fraction of sp³-hybridized carbons (Fsp3) is 0.250. The second kappa shape index (κ2) is 17.2. The monoisotopic (exact) mass is 831 g/mol. The van der Waals surface area contributed by atoms with E-state index in [-0.39, 0.29) is 36.3 Å².